The first-order valence-electron chi connectivity index (χ1n) is 3.92. The SMILES string of the molecule is CC1(C)CN(CCCCl)C1. The van der Waals surface area contributed by atoms with Crippen LogP contribution in [0, 0.1) is 5.41 Å². The first-order valence-corrected chi connectivity index (χ1v) is 4.46. The molecule has 60 valence electrons. The Morgan fingerprint density at radius 1 is 1.40 bits per heavy atom. The molecule has 0 saturated carbocycles. The van der Waals surface area contributed by atoms with Gasteiger partial charge in [0.2, 0.25) is 0 Å². The van der Waals surface area contributed by atoms with Crippen LogP contribution in [-0.2, 0) is 0 Å². The molecule has 1 nitrogen and oxygen atoms in total. The summed E-state index contributed by atoms with van der Waals surface area (Å²) in [4.78, 5) is 2.46. The molecule has 2 heteroatoms. The maximum absolute atomic E-state index is 5.57. The van der Waals surface area contributed by atoms with Crippen molar-refractivity contribution in [3.8, 4) is 0 Å². The largest absolute Gasteiger partial charge is 0.302 e. The minimum Gasteiger partial charge on any atom is -0.302 e. The number of alkyl halides is 1. The lowest BCUT2D eigenvalue weighted by atomic mass is 9.84. The van der Waals surface area contributed by atoms with Crippen molar-refractivity contribution < 1.29 is 0 Å². The Morgan fingerprint density at radius 3 is 2.40 bits per heavy atom. The summed E-state index contributed by atoms with van der Waals surface area (Å²) in [6.07, 6.45) is 1.14. The standard InChI is InChI=1S/C8H16ClN/c1-8(2)6-10(7-8)5-3-4-9/h3-7H2,1-2H3. The van der Waals surface area contributed by atoms with Gasteiger partial charge in [-0.05, 0) is 18.4 Å². The van der Waals surface area contributed by atoms with Crippen molar-refractivity contribution >= 4 is 11.6 Å². The molecular weight excluding hydrogens is 146 g/mol. The Morgan fingerprint density at radius 2 is 2.00 bits per heavy atom. The molecule has 0 unspecified atom stereocenters. The summed E-state index contributed by atoms with van der Waals surface area (Å²) >= 11 is 5.57. The van der Waals surface area contributed by atoms with E-state index in [1.165, 1.54) is 19.6 Å². The Balaban J connectivity index is 2.03. The highest BCUT2D eigenvalue weighted by Crippen LogP contribution is 2.28. The first-order chi connectivity index (χ1) is 4.64. The highest BCUT2D eigenvalue weighted by molar-refractivity contribution is 6.17. The van der Waals surface area contributed by atoms with Crippen LogP contribution in [0.15, 0.2) is 0 Å². The summed E-state index contributed by atoms with van der Waals surface area (Å²) in [5.41, 5.74) is 0.576. The van der Waals surface area contributed by atoms with Gasteiger partial charge in [0.1, 0.15) is 0 Å². The predicted octanol–water partition coefficient (Wildman–Crippen LogP) is 1.96. The molecule has 0 aromatic rings. The Kier molecular flexibility index (Phi) is 2.59. The van der Waals surface area contributed by atoms with Crippen LogP contribution in [0.3, 0.4) is 0 Å². The van der Waals surface area contributed by atoms with Crippen LogP contribution in [-0.4, -0.2) is 30.4 Å². The third-order valence-corrected chi connectivity index (χ3v) is 2.18. The van der Waals surface area contributed by atoms with E-state index >= 15 is 0 Å². The van der Waals surface area contributed by atoms with Crippen molar-refractivity contribution in [3.05, 3.63) is 0 Å². The third-order valence-electron chi connectivity index (χ3n) is 1.91. The maximum atomic E-state index is 5.57. The molecule has 10 heavy (non-hydrogen) atoms. The Bertz CT molecular complexity index is 104. The summed E-state index contributed by atoms with van der Waals surface area (Å²) in [7, 11) is 0. The van der Waals surface area contributed by atoms with Crippen LogP contribution < -0.4 is 0 Å². The lowest BCUT2D eigenvalue weighted by molar-refractivity contribution is 0.0318. The van der Waals surface area contributed by atoms with Gasteiger partial charge in [0.15, 0.2) is 0 Å². The van der Waals surface area contributed by atoms with Gasteiger partial charge in [-0.3, -0.25) is 0 Å². The van der Waals surface area contributed by atoms with Crippen molar-refractivity contribution in [2.75, 3.05) is 25.5 Å². The Labute approximate surface area is 68.4 Å². The van der Waals surface area contributed by atoms with Gasteiger partial charge in [-0.25, -0.2) is 0 Å². The topological polar surface area (TPSA) is 3.24 Å². The van der Waals surface area contributed by atoms with Gasteiger partial charge in [-0.15, -0.1) is 11.6 Å². The molecule has 0 atom stereocenters. The van der Waals surface area contributed by atoms with Gasteiger partial charge in [0, 0.05) is 19.0 Å². The molecule has 1 aliphatic heterocycles. The highest BCUT2D eigenvalue weighted by atomic mass is 35.5. The minimum absolute atomic E-state index is 0.576. The molecule has 0 spiro atoms. The summed E-state index contributed by atoms with van der Waals surface area (Å²) in [5.74, 6) is 0.803. The molecule has 0 aliphatic carbocycles. The molecular formula is C8H16ClN. The van der Waals surface area contributed by atoms with E-state index in [2.05, 4.69) is 18.7 Å². The highest BCUT2D eigenvalue weighted by Gasteiger charge is 2.32. The predicted molar refractivity (Wildman–Crippen MR) is 45.6 cm³/mol. The fraction of sp³-hybridized carbons (Fsp3) is 1.00. The summed E-state index contributed by atoms with van der Waals surface area (Å²) in [6, 6.07) is 0. The number of hydrogen-bond donors (Lipinski definition) is 0. The molecule has 0 amide bonds. The van der Waals surface area contributed by atoms with Crippen molar-refractivity contribution in [1.29, 1.82) is 0 Å². The summed E-state index contributed by atoms with van der Waals surface area (Å²) in [6.45, 7) is 8.31. The van der Waals surface area contributed by atoms with Crippen LogP contribution in [0.25, 0.3) is 0 Å². The number of halogens is 1. The van der Waals surface area contributed by atoms with E-state index in [-0.39, 0.29) is 0 Å². The average molecular weight is 162 g/mol. The zero-order valence-electron chi connectivity index (χ0n) is 6.86. The normalized spacial score (nSPS) is 24.3. The molecule has 0 radical (unpaired) electrons. The number of hydrogen-bond acceptors (Lipinski definition) is 1. The smallest absolute Gasteiger partial charge is 0.0235 e. The van der Waals surface area contributed by atoms with Gasteiger partial charge < -0.3 is 4.90 Å². The van der Waals surface area contributed by atoms with Crippen molar-refractivity contribution in [1.82, 2.24) is 4.90 Å². The van der Waals surface area contributed by atoms with Gasteiger partial charge in [0.05, 0.1) is 0 Å². The van der Waals surface area contributed by atoms with Crippen LogP contribution in [0.4, 0.5) is 0 Å². The van der Waals surface area contributed by atoms with E-state index in [4.69, 9.17) is 11.6 Å². The van der Waals surface area contributed by atoms with E-state index in [0.29, 0.717) is 5.41 Å². The maximum Gasteiger partial charge on any atom is 0.0235 e. The van der Waals surface area contributed by atoms with Gasteiger partial charge in [0.25, 0.3) is 0 Å². The van der Waals surface area contributed by atoms with Crippen LogP contribution in [0.5, 0.6) is 0 Å². The molecule has 0 N–H and O–H groups in total. The van der Waals surface area contributed by atoms with E-state index in [1.807, 2.05) is 0 Å². The van der Waals surface area contributed by atoms with E-state index in [1.54, 1.807) is 0 Å². The second-order valence-corrected chi connectivity index (χ2v) is 4.30. The van der Waals surface area contributed by atoms with Crippen molar-refractivity contribution in [2.24, 2.45) is 5.41 Å². The van der Waals surface area contributed by atoms with Crippen LogP contribution in [0.2, 0.25) is 0 Å². The second kappa shape index (κ2) is 3.10. The van der Waals surface area contributed by atoms with Crippen molar-refractivity contribution in [3.63, 3.8) is 0 Å². The number of nitrogens with zero attached hydrogens (tertiary/aromatic N) is 1. The molecule has 1 rings (SSSR count). The first kappa shape index (κ1) is 8.35. The molecule has 0 aromatic heterocycles. The number of rotatable bonds is 3. The van der Waals surface area contributed by atoms with Gasteiger partial charge >= 0.3 is 0 Å². The summed E-state index contributed by atoms with van der Waals surface area (Å²) < 4.78 is 0. The quantitative estimate of drug-likeness (QED) is 0.572. The van der Waals surface area contributed by atoms with E-state index in [9.17, 15) is 0 Å². The molecule has 1 fully saturated rings. The van der Waals surface area contributed by atoms with Gasteiger partial charge in [-0.1, -0.05) is 13.8 Å². The Hall–Kier alpha value is 0.250. The van der Waals surface area contributed by atoms with E-state index in [0.717, 1.165) is 12.3 Å². The molecule has 0 bridgehead atoms. The molecule has 0 aromatic carbocycles. The van der Waals surface area contributed by atoms with Crippen LogP contribution >= 0.6 is 11.6 Å². The zero-order chi connectivity index (χ0) is 7.61. The van der Waals surface area contributed by atoms with Crippen LogP contribution in [0.1, 0.15) is 20.3 Å². The van der Waals surface area contributed by atoms with Gasteiger partial charge in [-0.2, -0.15) is 0 Å². The number of likely N-dealkylation sites (tertiary alicyclic amines) is 1. The molecule has 1 saturated heterocycles. The minimum atomic E-state index is 0.576. The fourth-order valence-electron chi connectivity index (χ4n) is 1.61. The lowest BCUT2D eigenvalue weighted by Gasteiger charge is -2.45. The molecule has 1 aliphatic rings. The monoisotopic (exact) mass is 161 g/mol. The fourth-order valence-corrected chi connectivity index (χ4v) is 1.73. The average Bonchev–Trinajstić information content (AvgIpc) is 1.78. The van der Waals surface area contributed by atoms with Crippen molar-refractivity contribution in [2.45, 2.75) is 20.3 Å². The van der Waals surface area contributed by atoms with E-state index < -0.39 is 0 Å². The zero-order valence-corrected chi connectivity index (χ0v) is 7.62. The third kappa shape index (κ3) is 2.14. The second-order valence-electron chi connectivity index (χ2n) is 3.92. The lowest BCUT2D eigenvalue weighted by Crippen LogP contribution is -2.52. The molecule has 1 heterocycles. The summed E-state index contributed by atoms with van der Waals surface area (Å²) in [5, 5.41) is 0.